The van der Waals surface area contributed by atoms with E-state index in [1.54, 1.807) is 0 Å². The van der Waals surface area contributed by atoms with Crippen LogP contribution < -0.4 is 15.5 Å². The Balaban J connectivity index is 1.33. The van der Waals surface area contributed by atoms with Crippen LogP contribution in [0.5, 0.6) is 0 Å². The van der Waals surface area contributed by atoms with E-state index in [9.17, 15) is 13.6 Å². The summed E-state index contributed by atoms with van der Waals surface area (Å²) in [6, 6.07) is 11.5. The Kier molecular flexibility index (Phi) is 6.48. The molecule has 6 nitrogen and oxygen atoms in total. The molecule has 1 aliphatic carbocycles. The largest absolute Gasteiger partial charge is 0.362 e. The molecule has 1 aliphatic rings. The number of anilines is 2. The molecule has 0 atom stereocenters. The van der Waals surface area contributed by atoms with Crippen molar-refractivity contribution in [3.63, 3.8) is 0 Å². The normalized spacial score (nSPS) is 18.4. The molecule has 0 spiro atoms. The maximum absolute atomic E-state index is 13.8. The van der Waals surface area contributed by atoms with Gasteiger partial charge in [-0.15, -0.1) is 0 Å². The van der Waals surface area contributed by atoms with E-state index in [0.29, 0.717) is 5.95 Å². The first-order chi connectivity index (χ1) is 15.4. The molecule has 0 aliphatic heterocycles. The van der Waals surface area contributed by atoms with Crippen LogP contribution in [0.1, 0.15) is 31.2 Å². The smallest absolute Gasteiger partial charge is 0.225 e. The lowest BCUT2D eigenvalue weighted by Gasteiger charge is -2.28. The number of para-hydroxylation sites is 1. The SMILES string of the molecule is CN(C)c1nc(N[C@H]2CC[C@@H](C(=O)NCc3ccc(F)cc3F)CC2)nc2ccccc12. The zero-order valence-electron chi connectivity index (χ0n) is 18.2. The second-order valence-electron chi connectivity index (χ2n) is 8.43. The van der Waals surface area contributed by atoms with Gasteiger partial charge < -0.3 is 15.5 Å². The standard InChI is InChI=1S/C24H27F2N5O/c1-31(2)22-19-5-3-4-6-21(19)29-24(30-22)28-18-11-8-15(9-12-18)23(32)27-14-16-7-10-17(25)13-20(16)26/h3-7,10,13,15,18H,8-9,11-12,14H2,1-2H3,(H,27,32)(H,28,29,30)/t15-,18+. The molecule has 0 radical (unpaired) electrons. The fraction of sp³-hybridized carbons (Fsp3) is 0.375. The van der Waals surface area contributed by atoms with Crippen molar-refractivity contribution in [1.82, 2.24) is 15.3 Å². The molecule has 0 saturated heterocycles. The van der Waals surface area contributed by atoms with E-state index in [-0.39, 0.29) is 30.0 Å². The third-order valence-corrected chi connectivity index (χ3v) is 5.91. The number of benzene rings is 2. The van der Waals surface area contributed by atoms with Crippen molar-refractivity contribution in [2.75, 3.05) is 24.3 Å². The number of hydrogen-bond donors (Lipinski definition) is 2. The molecule has 3 aromatic rings. The first kappa shape index (κ1) is 21.9. The van der Waals surface area contributed by atoms with Gasteiger partial charge in [-0.2, -0.15) is 4.98 Å². The van der Waals surface area contributed by atoms with Crippen LogP contribution in [0.15, 0.2) is 42.5 Å². The summed E-state index contributed by atoms with van der Waals surface area (Å²) in [5.74, 6) is -0.0381. The van der Waals surface area contributed by atoms with E-state index < -0.39 is 11.6 Å². The van der Waals surface area contributed by atoms with Crippen LogP contribution in [0.2, 0.25) is 0 Å². The minimum Gasteiger partial charge on any atom is -0.362 e. The number of carbonyl (C=O) groups is 1. The second-order valence-corrected chi connectivity index (χ2v) is 8.43. The van der Waals surface area contributed by atoms with Crippen LogP contribution >= 0.6 is 0 Å². The van der Waals surface area contributed by atoms with Gasteiger partial charge in [-0.05, 0) is 43.9 Å². The lowest BCUT2D eigenvalue weighted by atomic mass is 9.85. The van der Waals surface area contributed by atoms with Gasteiger partial charge in [-0.25, -0.2) is 13.8 Å². The van der Waals surface area contributed by atoms with Gasteiger partial charge in [0, 0.05) is 49.6 Å². The van der Waals surface area contributed by atoms with Gasteiger partial charge >= 0.3 is 0 Å². The molecule has 2 N–H and O–H groups in total. The third-order valence-electron chi connectivity index (χ3n) is 5.91. The number of carbonyl (C=O) groups excluding carboxylic acids is 1. The van der Waals surface area contributed by atoms with Crippen LogP contribution in [-0.2, 0) is 11.3 Å². The minimum absolute atomic E-state index is 0.0569. The maximum Gasteiger partial charge on any atom is 0.225 e. The zero-order valence-corrected chi connectivity index (χ0v) is 18.2. The highest BCUT2D eigenvalue weighted by Crippen LogP contribution is 2.28. The Morgan fingerprint density at radius 3 is 2.53 bits per heavy atom. The van der Waals surface area contributed by atoms with Crippen LogP contribution in [0.25, 0.3) is 10.9 Å². The topological polar surface area (TPSA) is 70.2 Å². The highest BCUT2D eigenvalue weighted by molar-refractivity contribution is 5.90. The lowest BCUT2D eigenvalue weighted by Crippen LogP contribution is -2.36. The van der Waals surface area contributed by atoms with Gasteiger partial charge in [0.1, 0.15) is 17.5 Å². The van der Waals surface area contributed by atoms with E-state index in [1.165, 1.54) is 12.1 Å². The summed E-state index contributed by atoms with van der Waals surface area (Å²) in [5.41, 5.74) is 1.16. The van der Waals surface area contributed by atoms with Crippen molar-refractivity contribution in [2.45, 2.75) is 38.3 Å². The highest BCUT2D eigenvalue weighted by Gasteiger charge is 2.27. The van der Waals surface area contributed by atoms with E-state index in [0.717, 1.165) is 48.5 Å². The Labute approximate surface area is 186 Å². The Morgan fingerprint density at radius 1 is 1.06 bits per heavy atom. The van der Waals surface area contributed by atoms with Crippen LogP contribution in [0.3, 0.4) is 0 Å². The van der Waals surface area contributed by atoms with Crippen molar-refractivity contribution < 1.29 is 13.6 Å². The van der Waals surface area contributed by atoms with Crippen LogP contribution in [0, 0.1) is 17.6 Å². The van der Waals surface area contributed by atoms with Gasteiger partial charge in [-0.3, -0.25) is 4.79 Å². The number of hydrogen-bond acceptors (Lipinski definition) is 5. The average Bonchev–Trinajstić information content (AvgIpc) is 2.78. The summed E-state index contributed by atoms with van der Waals surface area (Å²) in [4.78, 5) is 23.8. The predicted octanol–water partition coefficient (Wildman–Crippen LogP) is 4.26. The number of nitrogens with one attached hydrogen (secondary N) is 2. The summed E-state index contributed by atoms with van der Waals surface area (Å²) in [5, 5.41) is 7.22. The summed E-state index contributed by atoms with van der Waals surface area (Å²) in [7, 11) is 3.92. The Bertz CT molecular complexity index is 1110. The molecular formula is C24H27F2N5O. The molecule has 32 heavy (non-hydrogen) atoms. The number of rotatable bonds is 6. The van der Waals surface area contributed by atoms with Crippen molar-refractivity contribution in [2.24, 2.45) is 5.92 Å². The van der Waals surface area contributed by atoms with Gasteiger partial charge in [0.15, 0.2) is 0 Å². The van der Waals surface area contributed by atoms with Gasteiger partial charge in [0.05, 0.1) is 5.52 Å². The molecule has 2 aromatic carbocycles. The van der Waals surface area contributed by atoms with E-state index in [2.05, 4.69) is 20.6 Å². The van der Waals surface area contributed by atoms with Crippen LogP contribution in [0.4, 0.5) is 20.5 Å². The first-order valence-electron chi connectivity index (χ1n) is 10.8. The van der Waals surface area contributed by atoms with Gasteiger partial charge in [-0.1, -0.05) is 18.2 Å². The summed E-state index contributed by atoms with van der Waals surface area (Å²) in [6.45, 7) is 0.0569. The molecule has 1 amide bonds. The highest BCUT2D eigenvalue weighted by atomic mass is 19.1. The average molecular weight is 440 g/mol. The van der Waals surface area contributed by atoms with Crippen molar-refractivity contribution in [3.05, 3.63) is 59.7 Å². The van der Waals surface area contributed by atoms with Crippen molar-refractivity contribution >= 4 is 28.6 Å². The zero-order chi connectivity index (χ0) is 22.7. The molecule has 4 rings (SSSR count). The first-order valence-corrected chi connectivity index (χ1v) is 10.8. The molecule has 1 saturated carbocycles. The van der Waals surface area contributed by atoms with Gasteiger partial charge in [0.25, 0.3) is 0 Å². The quantitative estimate of drug-likeness (QED) is 0.601. The lowest BCUT2D eigenvalue weighted by molar-refractivity contribution is -0.126. The number of amides is 1. The fourth-order valence-electron chi connectivity index (χ4n) is 4.14. The van der Waals surface area contributed by atoms with E-state index >= 15 is 0 Å². The maximum atomic E-state index is 13.8. The Morgan fingerprint density at radius 2 is 1.81 bits per heavy atom. The third kappa shape index (κ3) is 4.95. The fourth-order valence-corrected chi connectivity index (χ4v) is 4.14. The van der Waals surface area contributed by atoms with Gasteiger partial charge in [0.2, 0.25) is 11.9 Å². The Hall–Kier alpha value is -3.29. The molecule has 1 heterocycles. The summed E-state index contributed by atoms with van der Waals surface area (Å²) < 4.78 is 26.8. The number of aromatic nitrogens is 2. The molecule has 168 valence electrons. The van der Waals surface area contributed by atoms with E-state index in [1.807, 2.05) is 43.3 Å². The molecule has 1 aromatic heterocycles. The van der Waals surface area contributed by atoms with E-state index in [4.69, 9.17) is 0 Å². The molecule has 0 bridgehead atoms. The number of halogens is 2. The van der Waals surface area contributed by atoms with Crippen molar-refractivity contribution in [3.8, 4) is 0 Å². The summed E-state index contributed by atoms with van der Waals surface area (Å²) in [6.07, 6.45) is 3.08. The number of nitrogens with zero attached hydrogens (tertiary/aromatic N) is 3. The molecule has 8 heteroatoms. The predicted molar refractivity (Wildman–Crippen MR) is 121 cm³/mol. The van der Waals surface area contributed by atoms with Crippen LogP contribution in [-0.4, -0.2) is 36.0 Å². The number of fused-ring (bicyclic) bond motifs is 1. The summed E-state index contributed by atoms with van der Waals surface area (Å²) >= 11 is 0. The molecule has 1 fully saturated rings. The molecular weight excluding hydrogens is 412 g/mol. The second kappa shape index (κ2) is 9.46. The monoisotopic (exact) mass is 439 g/mol. The minimum atomic E-state index is -0.648. The molecule has 0 unspecified atom stereocenters. The van der Waals surface area contributed by atoms with Crippen molar-refractivity contribution in [1.29, 1.82) is 0 Å².